The van der Waals surface area contributed by atoms with Gasteiger partial charge < -0.3 is 13.9 Å². The van der Waals surface area contributed by atoms with E-state index in [1.165, 1.54) is 4.90 Å². The lowest BCUT2D eigenvalue weighted by atomic mass is 9.85. The van der Waals surface area contributed by atoms with Crippen LogP contribution in [0.15, 0.2) is 35.3 Å². The van der Waals surface area contributed by atoms with Gasteiger partial charge in [0.25, 0.3) is 0 Å². The van der Waals surface area contributed by atoms with Gasteiger partial charge in [-0.3, -0.25) is 14.4 Å². The third-order valence-electron chi connectivity index (χ3n) is 4.13. The molecular formula is C21H35N2O4P. The van der Waals surface area contributed by atoms with E-state index in [-0.39, 0.29) is 31.0 Å². The molecule has 1 amide bonds. The molecule has 1 aromatic rings. The number of rotatable bonds is 10. The van der Waals surface area contributed by atoms with Crippen LogP contribution in [0.3, 0.4) is 0 Å². The molecular weight excluding hydrogens is 375 g/mol. The summed E-state index contributed by atoms with van der Waals surface area (Å²) in [5, 5.41) is 0. The number of nitrogens with zero attached hydrogens (tertiary/aromatic N) is 2. The molecule has 7 heteroatoms. The minimum absolute atomic E-state index is 0.0447. The molecule has 0 aliphatic rings. The molecule has 0 saturated carbocycles. The summed E-state index contributed by atoms with van der Waals surface area (Å²) >= 11 is 0. The molecule has 0 saturated heterocycles. The normalized spacial score (nSPS) is 14.0. The van der Waals surface area contributed by atoms with E-state index in [1.807, 2.05) is 30.3 Å². The molecule has 28 heavy (non-hydrogen) atoms. The largest absolute Gasteiger partial charge is 0.354 e. The van der Waals surface area contributed by atoms with Crippen molar-refractivity contribution in [2.24, 2.45) is 10.4 Å². The van der Waals surface area contributed by atoms with Gasteiger partial charge in [-0.2, -0.15) is 0 Å². The molecule has 1 unspecified atom stereocenters. The lowest BCUT2D eigenvalue weighted by molar-refractivity contribution is -0.128. The van der Waals surface area contributed by atoms with E-state index >= 15 is 0 Å². The second kappa shape index (κ2) is 10.9. The molecule has 6 nitrogen and oxygen atoms in total. The summed E-state index contributed by atoms with van der Waals surface area (Å²) in [7, 11) is -0.110. The molecule has 0 aliphatic carbocycles. The predicted octanol–water partition coefficient (Wildman–Crippen LogP) is 4.98. The highest BCUT2D eigenvalue weighted by Gasteiger charge is 2.37. The second-order valence-corrected chi connectivity index (χ2v) is 9.97. The Morgan fingerprint density at radius 2 is 1.64 bits per heavy atom. The highest BCUT2D eigenvalue weighted by Crippen LogP contribution is 2.55. The van der Waals surface area contributed by atoms with Gasteiger partial charge in [-0.05, 0) is 25.8 Å². The molecule has 0 fully saturated rings. The molecule has 1 aromatic carbocycles. The van der Waals surface area contributed by atoms with E-state index in [0.29, 0.717) is 6.42 Å². The van der Waals surface area contributed by atoms with Crippen molar-refractivity contribution in [2.75, 3.05) is 27.3 Å². The van der Waals surface area contributed by atoms with Crippen LogP contribution in [-0.4, -0.2) is 49.6 Å². The molecule has 0 radical (unpaired) electrons. The number of carbonyl (C=O) groups is 1. The minimum atomic E-state index is -3.52. The first-order valence-electron chi connectivity index (χ1n) is 9.77. The van der Waals surface area contributed by atoms with E-state index in [0.717, 1.165) is 11.3 Å². The molecule has 0 aliphatic heterocycles. The van der Waals surface area contributed by atoms with Gasteiger partial charge >= 0.3 is 7.60 Å². The fraction of sp³-hybridized carbons (Fsp3) is 0.619. The van der Waals surface area contributed by atoms with E-state index in [1.54, 1.807) is 27.9 Å². The maximum Gasteiger partial charge on any atom is 0.354 e. The summed E-state index contributed by atoms with van der Waals surface area (Å²) < 4.78 is 24.7. The maximum absolute atomic E-state index is 13.5. The van der Waals surface area contributed by atoms with Crippen molar-refractivity contribution < 1.29 is 18.4 Å². The molecule has 0 N–H and O–H groups in total. The van der Waals surface area contributed by atoms with Gasteiger partial charge in [0.1, 0.15) is 0 Å². The van der Waals surface area contributed by atoms with Crippen molar-refractivity contribution in [1.29, 1.82) is 0 Å². The van der Waals surface area contributed by atoms with Crippen molar-refractivity contribution in [3.05, 3.63) is 35.9 Å². The van der Waals surface area contributed by atoms with Crippen molar-refractivity contribution in [3.8, 4) is 0 Å². The van der Waals surface area contributed by atoms with E-state index in [9.17, 15) is 9.36 Å². The number of carbonyl (C=O) groups excluding carboxylic acids is 1. The van der Waals surface area contributed by atoms with Crippen molar-refractivity contribution >= 4 is 19.2 Å². The van der Waals surface area contributed by atoms with Gasteiger partial charge in [0, 0.05) is 31.6 Å². The predicted molar refractivity (Wildman–Crippen MR) is 115 cm³/mol. The summed E-state index contributed by atoms with van der Waals surface area (Å²) in [5.74, 6) is -0.789. The van der Waals surface area contributed by atoms with Crippen LogP contribution in [0.25, 0.3) is 0 Å². The van der Waals surface area contributed by atoms with E-state index < -0.39 is 13.4 Å². The lowest BCUT2D eigenvalue weighted by Gasteiger charge is -2.28. The minimum Gasteiger partial charge on any atom is -0.349 e. The number of hydrogen-bond donors (Lipinski definition) is 0. The first kappa shape index (κ1) is 24.5. The van der Waals surface area contributed by atoms with Crippen LogP contribution >= 0.6 is 7.60 Å². The quantitative estimate of drug-likeness (QED) is 0.403. The van der Waals surface area contributed by atoms with Gasteiger partial charge in [0.15, 0.2) is 5.78 Å². The van der Waals surface area contributed by atoms with Crippen LogP contribution in [0, 0.1) is 5.41 Å². The monoisotopic (exact) mass is 410 g/mol. The zero-order valence-electron chi connectivity index (χ0n) is 18.3. The second-order valence-electron chi connectivity index (χ2n) is 7.78. The van der Waals surface area contributed by atoms with Crippen molar-refractivity contribution in [2.45, 2.75) is 53.2 Å². The van der Waals surface area contributed by atoms with E-state index in [2.05, 4.69) is 20.8 Å². The van der Waals surface area contributed by atoms with Crippen LogP contribution in [0.4, 0.5) is 0 Å². The Bertz CT molecular complexity index is 686. The highest BCUT2D eigenvalue weighted by atomic mass is 31.2. The third kappa shape index (κ3) is 7.16. The van der Waals surface area contributed by atoms with Gasteiger partial charge in [-0.1, -0.05) is 51.1 Å². The van der Waals surface area contributed by atoms with Gasteiger partial charge in [0.05, 0.1) is 13.2 Å². The van der Waals surface area contributed by atoms with Crippen molar-refractivity contribution in [3.63, 3.8) is 0 Å². The van der Waals surface area contributed by atoms with Crippen LogP contribution in [0.5, 0.6) is 0 Å². The summed E-state index contributed by atoms with van der Waals surface area (Å²) in [5.41, 5.74) is 1.49. The fourth-order valence-corrected chi connectivity index (χ4v) is 4.63. The standard InChI is InChI=1S/C21H35N2O4P/c1-8-26-28(25,27-9-2)18(15-16-19(24)23(6)7)22-20(21(3,4)5)17-13-11-10-12-14-17/h10-14,18H,8-9,15-16H2,1-7H3/b22-20+. The summed E-state index contributed by atoms with van der Waals surface area (Å²) in [6, 6.07) is 9.82. The summed E-state index contributed by atoms with van der Waals surface area (Å²) in [6.07, 6.45) is 0.512. The third-order valence-corrected chi connectivity index (χ3v) is 6.47. The van der Waals surface area contributed by atoms with E-state index in [4.69, 9.17) is 14.0 Å². The zero-order chi connectivity index (χ0) is 21.4. The maximum atomic E-state index is 13.5. The Morgan fingerprint density at radius 1 is 1.11 bits per heavy atom. The Morgan fingerprint density at radius 3 is 2.07 bits per heavy atom. The Hall–Kier alpha value is -1.49. The molecule has 158 valence electrons. The average Bonchev–Trinajstić information content (AvgIpc) is 2.61. The van der Waals surface area contributed by atoms with Gasteiger partial charge in [-0.25, -0.2) is 0 Å². The van der Waals surface area contributed by atoms with Crippen molar-refractivity contribution in [1.82, 2.24) is 4.90 Å². The zero-order valence-corrected chi connectivity index (χ0v) is 19.2. The number of benzene rings is 1. The molecule has 0 aromatic heterocycles. The Labute approximate surface area is 169 Å². The number of aliphatic imine (C=N–C) groups is 1. The van der Waals surface area contributed by atoms with Crippen LogP contribution in [-0.2, 0) is 18.4 Å². The molecule has 0 bridgehead atoms. The SMILES string of the molecule is CCOP(=O)(OCC)C(CCC(=O)N(C)C)/N=C(\c1ccccc1)C(C)(C)C. The summed E-state index contributed by atoms with van der Waals surface area (Å²) in [4.78, 5) is 18.6. The first-order valence-corrected chi connectivity index (χ1v) is 11.4. The smallest absolute Gasteiger partial charge is 0.349 e. The summed E-state index contributed by atoms with van der Waals surface area (Å²) in [6.45, 7) is 10.2. The Kier molecular flexibility index (Phi) is 9.55. The Balaban J connectivity index is 3.43. The lowest BCUT2D eigenvalue weighted by Crippen LogP contribution is -2.27. The molecule has 1 rings (SSSR count). The van der Waals surface area contributed by atoms with Gasteiger partial charge in [0.2, 0.25) is 5.91 Å². The van der Waals surface area contributed by atoms with Crippen LogP contribution < -0.4 is 0 Å². The average molecular weight is 410 g/mol. The van der Waals surface area contributed by atoms with Crippen LogP contribution in [0.1, 0.15) is 53.0 Å². The molecule has 1 atom stereocenters. The number of amides is 1. The topological polar surface area (TPSA) is 68.2 Å². The fourth-order valence-electron chi connectivity index (χ4n) is 2.79. The molecule has 0 spiro atoms. The van der Waals surface area contributed by atoms with Crippen LogP contribution in [0.2, 0.25) is 0 Å². The van der Waals surface area contributed by atoms with Gasteiger partial charge in [-0.15, -0.1) is 0 Å². The highest BCUT2D eigenvalue weighted by molar-refractivity contribution is 7.54. The first-order chi connectivity index (χ1) is 13.0. The number of hydrogen-bond acceptors (Lipinski definition) is 5. The molecule has 0 heterocycles.